The summed E-state index contributed by atoms with van der Waals surface area (Å²) >= 11 is 5.89. The van der Waals surface area contributed by atoms with Crippen LogP contribution in [0.4, 0.5) is 17.1 Å². The van der Waals surface area contributed by atoms with Crippen molar-refractivity contribution in [2.24, 2.45) is 4.99 Å². The summed E-state index contributed by atoms with van der Waals surface area (Å²) < 4.78 is 0. The standard InChI is InChI=1S/C19H21ClN4O3/c1-2-22-7-9-23(10-8-22)17-5-3-16(4-6-17)21-13-14-11-15(20)12-18(19(14)25)24(26)27/h3-6,11-13,25H,2,7-10H2,1H3. The topological polar surface area (TPSA) is 82.2 Å². The molecule has 1 aliphatic heterocycles. The van der Waals surface area contributed by atoms with Gasteiger partial charge in [0, 0.05) is 54.7 Å². The van der Waals surface area contributed by atoms with E-state index >= 15 is 0 Å². The number of aromatic hydroxyl groups is 1. The van der Waals surface area contributed by atoms with Gasteiger partial charge in [-0.3, -0.25) is 15.1 Å². The number of piperazine rings is 1. The van der Waals surface area contributed by atoms with E-state index in [0.717, 1.165) is 44.5 Å². The molecular weight excluding hydrogens is 368 g/mol. The van der Waals surface area contributed by atoms with E-state index in [9.17, 15) is 15.2 Å². The Morgan fingerprint density at radius 1 is 1.22 bits per heavy atom. The lowest BCUT2D eigenvalue weighted by molar-refractivity contribution is -0.385. The van der Waals surface area contributed by atoms with Crippen molar-refractivity contribution in [2.75, 3.05) is 37.6 Å². The lowest BCUT2D eigenvalue weighted by atomic mass is 10.2. The first-order chi connectivity index (χ1) is 13.0. The zero-order valence-corrected chi connectivity index (χ0v) is 15.8. The smallest absolute Gasteiger partial charge is 0.312 e. The van der Waals surface area contributed by atoms with Crippen molar-refractivity contribution in [1.82, 2.24) is 4.90 Å². The van der Waals surface area contributed by atoms with Gasteiger partial charge in [-0.1, -0.05) is 18.5 Å². The van der Waals surface area contributed by atoms with E-state index in [2.05, 4.69) is 21.7 Å². The Morgan fingerprint density at radius 3 is 2.48 bits per heavy atom. The predicted octanol–water partition coefficient (Wildman–Crippen LogP) is 3.85. The lowest BCUT2D eigenvalue weighted by Crippen LogP contribution is -2.46. The molecule has 0 aromatic heterocycles. The third kappa shape index (κ3) is 4.56. The third-order valence-electron chi connectivity index (χ3n) is 4.67. The summed E-state index contributed by atoms with van der Waals surface area (Å²) in [6.45, 7) is 7.37. The number of aliphatic imine (C=N–C) groups is 1. The van der Waals surface area contributed by atoms with Crippen LogP contribution in [-0.2, 0) is 0 Å². The number of phenolic OH excluding ortho intramolecular Hbond substituents is 1. The molecule has 2 aromatic rings. The third-order valence-corrected chi connectivity index (χ3v) is 4.89. The van der Waals surface area contributed by atoms with E-state index in [-0.39, 0.29) is 10.6 Å². The zero-order chi connectivity index (χ0) is 19.4. The molecule has 2 aromatic carbocycles. The number of nitro benzene ring substituents is 1. The van der Waals surface area contributed by atoms with Crippen LogP contribution in [0.5, 0.6) is 5.75 Å². The maximum Gasteiger partial charge on any atom is 0.312 e. The maximum absolute atomic E-state index is 11.0. The SMILES string of the molecule is CCN1CCN(c2ccc(N=Cc3cc(Cl)cc([N+](=O)[O-])c3O)cc2)CC1. The van der Waals surface area contributed by atoms with Crippen LogP contribution < -0.4 is 4.90 Å². The first kappa shape index (κ1) is 19.1. The number of phenols is 1. The lowest BCUT2D eigenvalue weighted by Gasteiger charge is -2.35. The van der Waals surface area contributed by atoms with Crippen molar-refractivity contribution >= 4 is 34.9 Å². The second-order valence-electron chi connectivity index (χ2n) is 6.32. The molecule has 8 heteroatoms. The van der Waals surface area contributed by atoms with Crippen molar-refractivity contribution in [3.63, 3.8) is 0 Å². The molecule has 1 N–H and O–H groups in total. The Hall–Kier alpha value is -2.64. The molecular formula is C19H21ClN4O3. The number of halogens is 1. The molecule has 142 valence electrons. The number of hydrogen-bond acceptors (Lipinski definition) is 6. The Bertz CT molecular complexity index is 847. The number of anilines is 1. The summed E-state index contributed by atoms with van der Waals surface area (Å²) in [7, 11) is 0. The van der Waals surface area contributed by atoms with Gasteiger partial charge < -0.3 is 14.9 Å². The van der Waals surface area contributed by atoms with Crippen molar-refractivity contribution in [2.45, 2.75) is 6.92 Å². The van der Waals surface area contributed by atoms with Crippen molar-refractivity contribution < 1.29 is 10.0 Å². The monoisotopic (exact) mass is 388 g/mol. The highest BCUT2D eigenvalue weighted by atomic mass is 35.5. The summed E-state index contributed by atoms with van der Waals surface area (Å²) in [5.74, 6) is -0.446. The summed E-state index contributed by atoms with van der Waals surface area (Å²) in [6, 6.07) is 10.3. The molecule has 3 rings (SSSR count). The number of hydrogen-bond donors (Lipinski definition) is 1. The highest BCUT2D eigenvalue weighted by Gasteiger charge is 2.18. The predicted molar refractivity (Wildman–Crippen MR) is 108 cm³/mol. The van der Waals surface area contributed by atoms with Gasteiger partial charge >= 0.3 is 5.69 Å². The van der Waals surface area contributed by atoms with Crippen LogP contribution in [0.25, 0.3) is 0 Å². The first-order valence-electron chi connectivity index (χ1n) is 8.76. The fraction of sp³-hybridized carbons (Fsp3) is 0.316. The van der Waals surface area contributed by atoms with Gasteiger partial charge in [-0.15, -0.1) is 0 Å². The van der Waals surface area contributed by atoms with Gasteiger partial charge in [-0.2, -0.15) is 0 Å². The van der Waals surface area contributed by atoms with Gasteiger partial charge in [-0.05, 0) is 36.9 Å². The minimum Gasteiger partial charge on any atom is -0.502 e. The summed E-state index contributed by atoms with van der Waals surface area (Å²) in [4.78, 5) is 19.3. The van der Waals surface area contributed by atoms with E-state index in [0.29, 0.717) is 5.69 Å². The molecule has 1 heterocycles. The molecule has 0 saturated carbocycles. The Labute approximate surface area is 162 Å². The summed E-state index contributed by atoms with van der Waals surface area (Å²) in [5, 5.41) is 21.1. The van der Waals surface area contributed by atoms with Gasteiger partial charge in [0.2, 0.25) is 5.75 Å². The van der Waals surface area contributed by atoms with Crippen molar-refractivity contribution in [3.8, 4) is 5.75 Å². The fourth-order valence-electron chi connectivity index (χ4n) is 3.06. The van der Waals surface area contributed by atoms with E-state index < -0.39 is 16.4 Å². The normalized spacial score (nSPS) is 15.4. The molecule has 7 nitrogen and oxygen atoms in total. The van der Waals surface area contributed by atoms with Crippen molar-refractivity contribution in [1.29, 1.82) is 0 Å². The van der Waals surface area contributed by atoms with Crippen LogP contribution in [0, 0.1) is 10.1 Å². The van der Waals surface area contributed by atoms with Gasteiger partial charge in [-0.25, -0.2) is 0 Å². The van der Waals surface area contributed by atoms with Gasteiger partial charge in [0.25, 0.3) is 0 Å². The van der Waals surface area contributed by atoms with E-state index in [1.807, 2.05) is 24.3 Å². The van der Waals surface area contributed by atoms with E-state index in [1.165, 1.54) is 12.3 Å². The second-order valence-corrected chi connectivity index (χ2v) is 6.75. The molecule has 0 atom stereocenters. The molecule has 0 radical (unpaired) electrons. The average Bonchev–Trinajstić information content (AvgIpc) is 2.68. The van der Waals surface area contributed by atoms with E-state index in [4.69, 9.17) is 11.6 Å². The van der Waals surface area contributed by atoms with Crippen LogP contribution in [0.2, 0.25) is 5.02 Å². The van der Waals surface area contributed by atoms with Crippen LogP contribution in [0.1, 0.15) is 12.5 Å². The van der Waals surface area contributed by atoms with Gasteiger partial charge in [0.1, 0.15) is 0 Å². The Morgan fingerprint density at radius 2 is 1.89 bits per heavy atom. The van der Waals surface area contributed by atoms with Crippen LogP contribution >= 0.6 is 11.6 Å². The zero-order valence-electron chi connectivity index (χ0n) is 15.0. The molecule has 1 fully saturated rings. The molecule has 0 unspecified atom stereocenters. The Balaban J connectivity index is 1.73. The highest BCUT2D eigenvalue weighted by Crippen LogP contribution is 2.32. The largest absolute Gasteiger partial charge is 0.502 e. The van der Waals surface area contributed by atoms with Crippen LogP contribution in [-0.4, -0.2) is 53.9 Å². The number of nitro groups is 1. The minimum absolute atomic E-state index is 0.169. The molecule has 0 bridgehead atoms. The number of rotatable bonds is 5. The average molecular weight is 389 g/mol. The van der Waals surface area contributed by atoms with Gasteiger partial charge in [0.05, 0.1) is 10.6 Å². The molecule has 0 amide bonds. The molecule has 1 aliphatic rings. The molecule has 1 saturated heterocycles. The quantitative estimate of drug-likeness (QED) is 0.478. The number of likely N-dealkylation sites (N-methyl/N-ethyl adjacent to an activating group) is 1. The van der Waals surface area contributed by atoms with Gasteiger partial charge in [0.15, 0.2) is 0 Å². The second kappa shape index (κ2) is 8.37. The molecule has 0 aliphatic carbocycles. The summed E-state index contributed by atoms with van der Waals surface area (Å²) in [6.07, 6.45) is 1.38. The number of benzene rings is 2. The number of nitrogens with zero attached hydrogens (tertiary/aromatic N) is 4. The van der Waals surface area contributed by atoms with Crippen molar-refractivity contribution in [3.05, 3.63) is 57.1 Å². The van der Waals surface area contributed by atoms with Crippen LogP contribution in [0.15, 0.2) is 41.4 Å². The highest BCUT2D eigenvalue weighted by molar-refractivity contribution is 6.31. The maximum atomic E-state index is 11.0. The summed E-state index contributed by atoms with van der Waals surface area (Å²) in [5.41, 5.74) is 1.60. The fourth-order valence-corrected chi connectivity index (χ4v) is 3.28. The minimum atomic E-state index is -0.675. The Kier molecular flexibility index (Phi) is 5.93. The molecule has 27 heavy (non-hydrogen) atoms. The van der Waals surface area contributed by atoms with Crippen LogP contribution in [0.3, 0.4) is 0 Å². The first-order valence-corrected chi connectivity index (χ1v) is 9.14. The van der Waals surface area contributed by atoms with E-state index in [1.54, 1.807) is 0 Å². The molecule has 0 spiro atoms.